The van der Waals surface area contributed by atoms with Crippen LogP contribution in [0.1, 0.15) is 11.1 Å². The molecule has 7 heteroatoms. The van der Waals surface area contributed by atoms with Gasteiger partial charge in [0, 0.05) is 23.4 Å². The number of H-pyrrole nitrogens is 1. The molecule has 0 aliphatic carbocycles. The Hall–Kier alpha value is -2.67. The third kappa shape index (κ3) is 3.75. The van der Waals surface area contributed by atoms with Crippen LogP contribution >= 0.6 is 11.8 Å². The van der Waals surface area contributed by atoms with Crippen LogP contribution in [0.5, 0.6) is 0 Å². The van der Waals surface area contributed by atoms with Gasteiger partial charge in [-0.1, -0.05) is 47.7 Å². The monoisotopic (exact) mass is 326 g/mol. The van der Waals surface area contributed by atoms with Crippen molar-refractivity contribution in [1.29, 1.82) is 0 Å². The number of aromatic amines is 1. The van der Waals surface area contributed by atoms with Crippen LogP contribution in [-0.2, 0) is 5.75 Å². The minimum absolute atomic E-state index is 0.0959. The van der Waals surface area contributed by atoms with Gasteiger partial charge in [-0.05, 0) is 18.6 Å². The van der Waals surface area contributed by atoms with Crippen LogP contribution in [0.15, 0.2) is 53.7 Å². The third-order valence-corrected chi connectivity index (χ3v) is 4.16. The second-order valence-corrected chi connectivity index (χ2v) is 5.99. The summed E-state index contributed by atoms with van der Waals surface area (Å²) in [4.78, 5) is 14.8. The van der Waals surface area contributed by atoms with Crippen LogP contribution < -0.4 is 0 Å². The van der Waals surface area contributed by atoms with Crippen LogP contribution in [0.3, 0.4) is 0 Å². The lowest BCUT2D eigenvalue weighted by molar-refractivity contribution is -0.384. The van der Waals surface area contributed by atoms with Crippen molar-refractivity contribution >= 4 is 17.4 Å². The summed E-state index contributed by atoms with van der Waals surface area (Å²) in [6.45, 7) is 2.03. The van der Waals surface area contributed by atoms with Gasteiger partial charge in [0.15, 0.2) is 5.82 Å². The molecular weight excluding hydrogens is 312 g/mol. The summed E-state index contributed by atoms with van der Waals surface area (Å²) < 4.78 is 0. The van der Waals surface area contributed by atoms with E-state index in [4.69, 9.17) is 0 Å². The van der Waals surface area contributed by atoms with Gasteiger partial charge in [-0.3, -0.25) is 15.2 Å². The summed E-state index contributed by atoms with van der Waals surface area (Å²) in [6.07, 6.45) is 0. The smallest absolute Gasteiger partial charge is 0.258 e. The van der Waals surface area contributed by atoms with Crippen LogP contribution in [0.4, 0.5) is 5.69 Å². The van der Waals surface area contributed by atoms with Gasteiger partial charge < -0.3 is 0 Å². The number of nitro benzene ring substituents is 1. The predicted molar refractivity (Wildman–Crippen MR) is 89.2 cm³/mol. The van der Waals surface area contributed by atoms with Gasteiger partial charge in [0.25, 0.3) is 5.69 Å². The topological polar surface area (TPSA) is 84.7 Å². The summed E-state index contributed by atoms with van der Waals surface area (Å²) in [7, 11) is 0. The molecule has 3 aromatic rings. The maximum Gasteiger partial charge on any atom is 0.269 e. The fourth-order valence-corrected chi connectivity index (χ4v) is 2.88. The molecule has 6 nitrogen and oxygen atoms in total. The average Bonchev–Trinajstić information content (AvgIpc) is 3.02. The summed E-state index contributed by atoms with van der Waals surface area (Å²) in [5.41, 5.74) is 3.11. The molecule has 1 N–H and O–H groups in total. The van der Waals surface area contributed by atoms with Crippen molar-refractivity contribution in [2.45, 2.75) is 17.8 Å². The zero-order chi connectivity index (χ0) is 16.2. The van der Waals surface area contributed by atoms with E-state index in [2.05, 4.69) is 15.2 Å². The molecule has 1 heterocycles. The first-order chi connectivity index (χ1) is 11.1. The van der Waals surface area contributed by atoms with Crippen molar-refractivity contribution in [2.24, 2.45) is 0 Å². The Kier molecular flexibility index (Phi) is 4.38. The molecule has 2 aromatic carbocycles. The first kappa shape index (κ1) is 15.2. The van der Waals surface area contributed by atoms with Crippen LogP contribution in [0.25, 0.3) is 11.4 Å². The zero-order valence-corrected chi connectivity index (χ0v) is 13.2. The second kappa shape index (κ2) is 6.62. The van der Waals surface area contributed by atoms with E-state index in [1.165, 1.54) is 17.8 Å². The molecule has 0 aliphatic heterocycles. The highest BCUT2D eigenvalue weighted by atomic mass is 32.2. The number of benzene rings is 2. The van der Waals surface area contributed by atoms with Crippen molar-refractivity contribution in [1.82, 2.24) is 15.2 Å². The quantitative estimate of drug-likeness (QED) is 0.435. The summed E-state index contributed by atoms with van der Waals surface area (Å²) in [6, 6.07) is 14.6. The van der Waals surface area contributed by atoms with Gasteiger partial charge in [0.2, 0.25) is 5.16 Å². The van der Waals surface area contributed by atoms with Crippen LogP contribution in [0, 0.1) is 17.0 Å². The summed E-state index contributed by atoms with van der Waals surface area (Å²) >= 11 is 1.44. The van der Waals surface area contributed by atoms with Crippen LogP contribution in [-0.4, -0.2) is 20.1 Å². The molecule has 1 aromatic heterocycles. The Morgan fingerprint density at radius 3 is 2.83 bits per heavy atom. The molecule has 0 aliphatic rings. The molecule has 0 fully saturated rings. The number of hydrogen-bond donors (Lipinski definition) is 1. The summed E-state index contributed by atoms with van der Waals surface area (Å²) in [5.74, 6) is 1.29. The van der Waals surface area contributed by atoms with Gasteiger partial charge in [-0.25, -0.2) is 4.98 Å². The van der Waals surface area contributed by atoms with E-state index in [0.29, 0.717) is 10.9 Å². The molecule has 0 spiro atoms. The summed E-state index contributed by atoms with van der Waals surface area (Å²) in [5, 5.41) is 18.5. The van der Waals surface area contributed by atoms with E-state index >= 15 is 0 Å². The number of thioether (sulfide) groups is 1. The molecule has 0 saturated carbocycles. The van der Waals surface area contributed by atoms with E-state index in [9.17, 15) is 10.1 Å². The lowest BCUT2D eigenvalue weighted by atomic mass is 10.1. The fourth-order valence-electron chi connectivity index (χ4n) is 2.14. The van der Waals surface area contributed by atoms with Crippen molar-refractivity contribution in [3.05, 3.63) is 69.8 Å². The molecule has 0 radical (unpaired) electrons. The van der Waals surface area contributed by atoms with E-state index in [-0.39, 0.29) is 5.69 Å². The number of nitro groups is 1. The highest BCUT2D eigenvalue weighted by Gasteiger charge is 2.09. The number of nitrogens with one attached hydrogen (secondary N) is 1. The SMILES string of the molecule is Cc1cccc(-c2nc(SCc3cccc([N+](=O)[O-])c3)n[nH]2)c1. The Bertz CT molecular complexity index is 847. The van der Waals surface area contributed by atoms with Crippen molar-refractivity contribution < 1.29 is 4.92 Å². The van der Waals surface area contributed by atoms with E-state index in [1.807, 2.05) is 37.3 Å². The first-order valence-electron chi connectivity index (χ1n) is 6.97. The molecule has 0 atom stereocenters. The Balaban J connectivity index is 1.70. The Labute approximate surface area is 137 Å². The van der Waals surface area contributed by atoms with Crippen LogP contribution in [0.2, 0.25) is 0 Å². The van der Waals surface area contributed by atoms with Crippen molar-refractivity contribution in [2.75, 3.05) is 0 Å². The molecule has 0 unspecified atom stereocenters. The lowest BCUT2D eigenvalue weighted by Gasteiger charge is -1.99. The normalized spacial score (nSPS) is 10.7. The van der Waals surface area contributed by atoms with Crippen molar-refractivity contribution in [3.63, 3.8) is 0 Å². The highest BCUT2D eigenvalue weighted by molar-refractivity contribution is 7.98. The molecule has 3 rings (SSSR count). The maximum absolute atomic E-state index is 10.8. The second-order valence-electron chi connectivity index (χ2n) is 5.05. The average molecular weight is 326 g/mol. The standard InChI is InChI=1S/C16H14N4O2S/c1-11-4-2-6-13(8-11)15-17-16(19-18-15)23-10-12-5-3-7-14(9-12)20(21)22/h2-9H,10H2,1H3,(H,17,18,19). The minimum Gasteiger partial charge on any atom is -0.258 e. The van der Waals surface area contributed by atoms with E-state index < -0.39 is 4.92 Å². The fraction of sp³-hybridized carbons (Fsp3) is 0.125. The molecular formula is C16H14N4O2S. The van der Waals surface area contributed by atoms with Gasteiger partial charge in [0.1, 0.15) is 0 Å². The lowest BCUT2D eigenvalue weighted by Crippen LogP contribution is -1.89. The molecule has 0 bridgehead atoms. The first-order valence-corrected chi connectivity index (χ1v) is 7.96. The highest BCUT2D eigenvalue weighted by Crippen LogP contribution is 2.24. The predicted octanol–water partition coefficient (Wildman–Crippen LogP) is 3.98. The molecule has 23 heavy (non-hydrogen) atoms. The maximum atomic E-state index is 10.8. The van der Waals surface area contributed by atoms with Gasteiger partial charge in [-0.15, -0.1) is 5.10 Å². The number of aryl methyl sites for hydroxylation is 1. The number of rotatable bonds is 5. The number of aromatic nitrogens is 3. The van der Waals surface area contributed by atoms with Crippen molar-refractivity contribution in [3.8, 4) is 11.4 Å². The van der Waals surface area contributed by atoms with Gasteiger partial charge >= 0.3 is 0 Å². The number of hydrogen-bond acceptors (Lipinski definition) is 5. The minimum atomic E-state index is -0.392. The number of nitrogens with zero attached hydrogens (tertiary/aromatic N) is 3. The molecule has 116 valence electrons. The van der Waals surface area contributed by atoms with Gasteiger partial charge in [-0.2, -0.15) is 0 Å². The molecule has 0 amide bonds. The Morgan fingerprint density at radius 1 is 1.22 bits per heavy atom. The number of non-ortho nitro benzene ring substituents is 1. The third-order valence-electron chi connectivity index (χ3n) is 3.25. The van der Waals surface area contributed by atoms with E-state index in [0.717, 1.165) is 22.5 Å². The largest absolute Gasteiger partial charge is 0.269 e. The zero-order valence-electron chi connectivity index (χ0n) is 12.4. The van der Waals surface area contributed by atoms with E-state index in [1.54, 1.807) is 12.1 Å². The van der Waals surface area contributed by atoms with Gasteiger partial charge in [0.05, 0.1) is 4.92 Å². The molecule has 0 saturated heterocycles. The Morgan fingerprint density at radius 2 is 2.04 bits per heavy atom.